The molecule has 4 aromatic rings. The molecule has 8 nitrogen and oxygen atoms in total. The molecule has 0 aromatic heterocycles. The van der Waals surface area contributed by atoms with Crippen LogP contribution in [0.3, 0.4) is 0 Å². The molecule has 0 radical (unpaired) electrons. The van der Waals surface area contributed by atoms with Crippen molar-refractivity contribution in [1.82, 2.24) is 10.2 Å². The Balaban J connectivity index is 1.79. The zero-order valence-corrected chi connectivity index (χ0v) is 26.3. The minimum atomic E-state index is -4.24. The molecule has 1 atom stereocenters. The van der Waals surface area contributed by atoms with Crippen LogP contribution in [0.2, 0.25) is 0 Å². The summed E-state index contributed by atoms with van der Waals surface area (Å²) in [5, 5.41) is 2.88. The van der Waals surface area contributed by atoms with E-state index in [1.165, 1.54) is 23.1 Å². The second kappa shape index (κ2) is 15.9. The Hall–Kier alpha value is -4.70. The van der Waals surface area contributed by atoms with E-state index in [-0.39, 0.29) is 29.1 Å². The fourth-order valence-electron chi connectivity index (χ4n) is 4.85. The lowest BCUT2D eigenvalue weighted by atomic mass is 10.0. The minimum Gasteiger partial charge on any atom is -0.494 e. The molecule has 0 saturated heterocycles. The number of rotatable bonds is 15. The predicted molar refractivity (Wildman–Crippen MR) is 173 cm³/mol. The van der Waals surface area contributed by atoms with Crippen molar-refractivity contribution in [2.24, 2.45) is 0 Å². The van der Waals surface area contributed by atoms with Crippen LogP contribution in [0, 0.1) is 5.82 Å². The standard InChI is InChI=1S/C35H38FN3O5S/c1-3-23-37-35(41)33(24-27-13-7-5-8-14-27)38(25-28-15-11-12-18-32(28)36)34(40)26-39(29-19-21-30(22-20-29)44-4-2)45(42,43)31-16-9-6-10-17-31/h5-22,33H,3-4,23-26H2,1-2H3,(H,37,41). The number of carbonyl (C=O) groups is 2. The zero-order chi connectivity index (χ0) is 32.2. The maximum atomic E-state index is 15.0. The summed E-state index contributed by atoms with van der Waals surface area (Å²) in [5.74, 6) is -1.08. The molecule has 4 aromatic carbocycles. The second-order valence-corrected chi connectivity index (χ2v) is 12.2. The number of carbonyl (C=O) groups excluding carboxylic acids is 2. The Bertz CT molecular complexity index is 1650. The molecule has 236 valence electrons. The average Bonchev–Trinajstić information content (AvgIpc) is 3.06. The first kappa shape index (κ1) is 33.2. The van der Waals surface area contributed by atoms with E-state index in [0.717, 1.165) is 9.87 Å². The molecule has 0 heterocycles. The third-order valence-electron chi connectivity index (χ3n) is 7.16. The van der Waals surface area contributed by atoms with Crippen LogP contribution in [0.15, 0.2) is 114 Å². The van der Waals surface area contributed by atoms with Gasteiger partial charge >= 0.3 is 0 Å². The Morgan fingerprint density at radius 1 is 0.844 bits per heavy atom. The molecule has 0 aliphatic rings. The number of halogens is 1. The van der Waals surface area contributed by atoms with Crippen LogP contribution in [0.1, 0.15) is 31.4 Å². The molecule has 2 amide bonds. The number of hydrogen-bond acceptors (Lipinski definition) is 5. The van der Waals surface area contributed by atoms with Crippen LogP contribution in [-0.2, 0) is 32.6 Å². The van der Waals surface area contributed by atoms with Crippen molar-refractivity contribution in [3.63, 3.8) is 0 Å². The third kappa shape index (κ3) is 8.69. The van der Waals surface area contributed by atoms with E-state index in [0.29, 0.717) is 25.3 Å². The van der Waals surface area contributed by atoms with Crippen molar-refractivity contribution in [3.05, 3.63) is 126 Å². The Kier molecular flexibility index (Phi) is 11.7. The topological polar surface area (TPSA) is 96.0 Å². The van der Waals surface area contributed by atoms with Gasteiger partial charge in [-0.2, -0.15) is 0 Å². The summed E-state index contributed by atoms with van der Waals surface area (Å²) < 4.78 is 49.6. The van der Waals surface area contributed by atoms with E-state index in [1.807, 2.05) is 44.2 Å². The van der Waals surface area contributed by atoms with Gasteiger partial charge in [-0.05, 0) is 61.4 Å². The summed E-state index contributed by atoms with van der Waals surface area (Å²) in [6.45, 7) is 3.69. The van der Waals surface area contributed by atoms with Crippen molar-refractivity contribution in [2.75, 3.05) is 24.0 Å². The molecule has 0 aliphatic heterocycles. The first-order chi connectivity index (χ1) is 21.7. The fourth-order valence-corrected chi connectivity index (χ4v) is 6.29. The van der Waals surface area contributed by atoms with Crippen molar-refractivity contribution in [3.8, 4) is 5.75 Å². The number of hydrogen-bond donors (Lipinski definition) is 1. The summed E-state index contributed by atoms with van der Waals surface area (Å²) >= 11 is 0. The quantitative estimate of drug-likeness (QED) is 0.185. The van der Waals surface area contributed by atoms with Crippen LogP contribution >= 0.6 is 0 Å². The number of nitrogens with one attached hydrogen (secondary N) is 1. The summed E-state index contributed by atoms with van der Waals surface area (Å²) in [7, 11) is -4.24. The highest BCUT2D eigenvalue weighted by Crippen LogP contribution is 2.27. The maximum absolute atomic E-state index is 15.0. The van der Waals surface area contributed by atoms with E-state index in [4.69, 9.17) is 4.74 Å². The highest BCUT2D eigenvalue weighted by Gasteiger charge is 2.35. The highest BCUT2D eigenvalue weighted by molar-refractivity contribution is 7.92. The Labute approximate surface area is 264 Å². The normalized spacial score (nSPS) is 11.8. The van der Waals surface area contributed by atoms with Gasteiger partial charge in [0.15, 0.2) is 0 Å². The maximum Gasteiger partial charge on any atom is 0.264 e. The van der Waals surface area contributed by atoms with Crippen molar-refractivity contribution < 1.29 is 27.1 Å². The SMILES string of the molecule is CCCNC(=O)C(Cc1ccccc1)N(Cc1ccccc1F)C(=O)CN(c1ccc(OCC)cc1)S(=O)(=O)c1ccccc1. The fraction of sp³-hybridized carbons (Fsp3) is 0.257. The summed E-state index contributed by atoms with van der Waals surface area (Å²) in [6, 6.07) is 28.4. The molecule has 0 fully saturated rings. The van der Waals surface area contributed by atoms with Gasteiger partial charge in [0.25, 0.3) is 10.0 Å². The molecule has 1 N–H and O–H groups in total. The van der Waals surface area contributed by atoms with Crippen LogP contribution in [0.5, 0.6) is 5.75 Å². The Morgan fingerprint density at radius 3 is 2.09 bits per heavy atom. The number of ether oxygens (including phenoxy) is 1. The molecule has 0 aliphatic carbocycles. The number of amides is 2. The highest BCUT2D eigenvalue weighted by atomic mass is 32.2. The van der Waals surface area contributed by atoms with Crippen molar-refractivity contribution >= 4 is 27.5 Å². The van der Waals surface area contributed by atoms with Crippen molar-refractivity contribution in [1.29, 1.82) is 0 Å². The van der Waals surface area contributed by atoms with E-state index in [9.17, 15) is 22.4 Å². The first-order valence-corrected chi connectivity index (χ1v) is 16.3. The average molecular weight is 632 g/mol. The van der Waals surface area contributed by atoms with Crippen LogP contribution in [-0.4, -0.2) is 50.9 Å². The number of nitrogens with zero attached hydrogens (tertiary/aromatic N) is 2. The second-order valence-electron chi connectivity index (χ2n) is 10.4. The number of anilines is 1. The summed E-state index contributed by atoms with van der Waals surface area (Å²) in [4.78, 5) is 29.3. The van der Waals surface area contributed by atoms with Gasteiger partial charge in [0, 0.05) is 25.1 Å². The van der Waals surface area contributed by atoms with Gasteiger partial charge in [0.2, 0.25) is 11.8 Å². The van der Waals surface area contributed by atoms with Gasteiger partial charge in [-0.1, -0.05) is 73.7 Å². The molecule has 10 heteroatoms. The smallest absolute Gasteiger partial charge is 0.264 e. The van der Waals surface area contributed by atoms with Crippen molar-refractivity contribution in [2.45, 2.75) is 44.2 Å². The van der Waals surface area contributed by atoms with E-state index in [2.05, 4.69) is 5.32 Å². The molecule has 1 unspecified atom stereocenters. The predicted octanol–water partition coefficient (Wildman–Crippen LogP) is 5.59. The first-order valence-electron chi connectivity index (χ1n) is 14.9. The molecular weight excluding hydrogens is 593 g/mol. The van der Waals surface area contributed by atoms with Gasteiger partial charge < -0.3 is 15.0 Å². The number of benzene rings is 4. The molecule has 45 heavy (non-hydrogen) atoms. The van der Waals surface area contributed by atoms with Gasteiger partial charge in [-0.3, -0.25) is 13.9 Å². The van der Waals surface area contributed by atoms with Gasteiger partial charge in [-0.15, -0.1) is 0 Å². The molecular formula is C35H38FN3O5S. The molecule has 4 rings (SSSR count). The van der Waals surface area contributed by atoms with Crippen LogP contribution in [0.25, 0.3) is 0 Å². The monoisotopic (exact) mass is 631 g/mol. The Morgan fingerprint density at radius 2 is 1.47 bits per heavy atom. The zero-order valence-electron chi connectivity index (χ0n) is 25.4. The van der Waals surface area contributed by atoms with E-state index < -0.39 is 40.2 Å². The van der Waals surface area contributed by atoms with Gasteiger partial charge in [0.05, 0.1) is 17.2 Å². The molecule has 0 spiro atoms. The minimum absolute atomic E-state index is 0.00568. The lowest BCUT2D eigenvalue weighted by Crippen LogP contribution is -2.53. The van der Waals surface area contributed by atoms with Crippen LogP contribution in [0.4, 0.5) is 10.1 Å². The third-order valence-corrected chi connectivity index (χ3v) is 8.95. The molecule has 0 saturated carbocycles. The number of sulfonamides is 1. The molecule has 0 bridgehead atoms. The van der Waals surface area contributed by atoms with E-state index in [1.54, 1.807) is 60.7 Å². The lowest BCUT2D eigenvalue weighted by molar-refractivity contribution is -0.140. The summed E-state index contributed by atoms with van der Waals surface area (Å²) in [5.41, 5.74) is 1.23. The van der Waals surface area contributed by atoms with Crippen LogP contribution < -0.4 is 14.4 Å². The lowest BCUT2D eigenvalue weighted by Gasteiger charge is -2.34. The largest absolute Gasteiger partial charge is 0.494 e. The van der Waals surface area contributed by atoms with Gasteiger partial charge in [0.1, 0.15) is 24.2 Å². The van der Waals surface area contributed by atoms with Gasteiger partial charge in [-0.25, -0.2) is 12.8 Å². The van der Waals surface area contributed by atoms with E-state index >= 15 is 0 Å². The summed E-state index contributed by atoms with van der Waals surface area (Å²) in [6.07, 6.45) is 0.816.